The van der Waals surface area contributed by atoms with E-state index in [0.29, 0.717) is 0 Å². The van der Waals surface area contributed by atoms with Gasteiger partial charge in [0.05, 0.1) is 6.42 Å². The van der Waals surface area contributed by atoms with Crippen molar-refractivity contribution in [2.75, 3.05) is 0 Å². The molecular formula is C10H16N2O4. The number of nitrogens with two attached hydrogens (primary N) is 1. The number of carbonyl (C=O) groups is 3. The monoisotopic (exact) mass is 228 g/mol. The first-order valence-corrected chi connectivity index (χ1v) is 5.32. The highest BCUT2D eigenvalue weighted by Gasteiger charge is 2.28. The number of rotatable bonds is 5. The van der Waals surface area contributed by atoms with E-state index in [2.05, 4.69) is 5.32 Å². The number of amides is 2. The van der Waals surface area contributed by atoms with Gasteiger partial charge in [0.1, 0.15) is 6.04 Å². The molecule has 4 N–H and O–H groups in total. The zero-order valence-electron chi connectivity index (χ0n) is 8.94. The summed E-state index contributed by atoms with van der Waals surface area (Å²) in [6, 6.07) is -1.20. The van der Waals surface area contributed by atoms with Gasteiger partial charge in [-0.1, -0.05) is 12.8 Å². The van der Waals surface area contributed by atoms with Crippen LogP contribution in [0.2, 0.25) is 0 Å². The Morgan fingerprint density at radius 3 is 2.31 bits per heavy atom. The topological polar surface area (TPSA) is 109 Å². The molecule has 0 bridgehead atoms. The molecule has 0 aromatic heterocycles. The Labute approximate surface area is 93.2 Å². The maximum atomic E-state index is 11.6. The van der Waals surface area contributed by atoms with Crippen LogP contribution in [0.1, 0.15) is 32.1 Å². The van der Waals surface area contributed by atoms with Crippen molar-refractivity contribution in [3.05, 3.63) is 0 Å². The molecule has 1 fully saturated rings. The standard InChI is InChI=1S/C10H16N2O4/c11-8(13)5-7(10(15)16)12-9(14)6-3-1-2-4-6/h6-7H,1-5H2,(H2,11,13)(H,12,14)(H,15,16)/t7-/m0/s1. The Hall–Kier alpha value is -1.59. The number of carbonyl (C=O) groups excluding carboxylic acids is 2. The Kier molecular flexibility index (Phi) is 4.28. The summed E-state index contributed by atoms with van der Waals surface area (Å²) in [5.41, 5.74) is 4.91. The van der Waals surface area contributed by atoms with Crippen LogP contribution in [0.3, 0.4) is 0 Å². The smallest absolute Gasteiger partial charge is 0.326 e. The fourth-order valence-corrected chi connectivity index (χ4v) is 1.88. The number of primary amides is 1. The second-order valence-electron chi connectivity index (χ2n) is 4.05. The molecule has 16 heavy (non-hydrogen) atoms. The summed E-state index contributed by atoms with van der Waals surface area (Å²) in [7, 11) is 0. The molecule has 1 aliphatic rings. The van der Waals surface area contributed by atoms with E-state index in [-0.39, 0.29) is 18.2 Å². The number of hydrogen-bond donors (Lipinski definition) is 3. The Morgan fingerprint density at radius 1 is 1.31 bits per heavy atom. The molecular weight excluding hydrogens is 212 g/mol. The van der Waals surface area contributed by atoms with Crippen LogP contribution >= 0.6 is 0 Å². The van der Waals surface area contributed by atoms with Crippen molar-refractivity contribution in [2.45, 2.75) is 38.1 Å². The van der Waals surface area contributed by atoms with Crippen LogP contribution in [0.25, 0.3) is 0 Å². The van der Waals surface area contributed by atoms with E-state index >= 15 is 0 Å². The summed E-state index contributed by atoms with van der Waals surface area (Å²) < 4.78 is 0. The van der Waals surface area contributed by atoms with Crippen LogP contribution in [0.15, 0.2) is 0 Å². The first kappa shape index (κ1) is 12.5. The minimum atomic E-state index is -1.23. The van der Waals surface area contributed by atoms with Gasteiger partial charge in [0, 0.05) is 5.92 Å². The van der Waals surface area contributed by atoms with Gasteiger partial charge in [0.15, 0.2) is 0 Å². The first-order chi connectivity index (χ1) is 7.50. The van der Waals surface area contributed by atoms with Crippen molar-refractivity contribution < 1.29 is 19.5 Å². The molecule has 6 heteroatoms. The lowest BCUT2D eigenvalue weighted by Crippen LogP contribution is -2.45. The molecule has 6 nitrogen and oxygen atoms in total. The highest BCUT2D eigenvalue weighted by atomic mass is 16.4. The van der Waals surface area contributed by atoms with Gasteiger partial charge in [-0.25, -0.2) is 4.79 Å². The van der Waals surface area contributed by atoms with E-state index in [0.717, 1.165) is 25.7 Å². The molecule has 90 valence electrons. The summed E-state index contributed by atoms with van der Waals surface area (Å²) >= 11 is 0. The van der Waals surface area contributed by atoms with Crippen molar-refractivity contribution in [3.8, 4) is 0 Å². The summed E-state index contributed by atoms with van der Waals surface area (Å²) in [6.45, 7) is 0. The molecule has 1 aliphatic carbocycles. The Balaban J connectivity index is 2.50. The lowest BCUT2D eigenvalue weighted by Gasteiger charge is -2.15. The number of nitrogens with one attached hydrogen (secondary N) is 1. The van der Waals surface area contributed by atoms with Crippen LogP contribution < -0.4 is 11.1 Å². The lowest BCUT2D eigenvalue weighted by molar-refractivity contribution is -0.143. The summed E-state index contributed by atoms with van der Waals surface area (Å²) in [5, 5.41) is 11.1. The van der Waals surface area contributed by atoms with Crippen LogP contribution in [-0.2, 0) is 14.4 Å². The second kappa shape index (κ2) is 5.48. The van der Waals surface area contributed by atoms with Gasteiger partial charge in [0.2, 0.25) is 11.8 Å². The van der Waals surface area contributed by atoms with Gasteiger partial charge >= 0.3 is 5.97 Å². The third kappa shape index (κ3) is 3.52. The molecule has 0 aliphatic heterocycles. The Morgan fingerprint density at radius 2 is 1.88 bits per heavy atom. The average molecular weight is 228 g/mol. The number of carboxylic acids is 1. The van der Waals surface area contributed by atoms with Crippen LogP contribution in [0.4, 0.5) is 0 Å². The number of hydrogen-bond acceptors (Lipinski definition) is 3. The zero-order chi connectivity index (χ0) is 12.1. The molecule has 0 spiro atoms. The second-order valence-corrected chi connectivity index (χ2v) is 4.05. The molecule has 1 saturated carbocycles. The van der Waals surface area contributed by atoms with Crippen LogP contribution in [0, 0.1) is 5.92 Å². The minimum absolute atomic E-state index is 0.116. The molecule has 0 radical (unpaired) electrons. The minimum Gasteiger partial charge on any atom is -0.480 e. The van der Waals surface area contributed by atoms with Crippen molar-refractivity contribution in [1.29, 1.82) is 0 Å². The Bertz CT molecular complexity index is 297. The van der Waals surface area contributed by atoms with Crippen molar-refractivity contribution in [3.63, 3.8) is 0 Å². The van der Waals surface area contributed by atoms with Gasteiger partial charge in [-0.05, 0) is 12.8 Å². The molecule has 2 amide bonds. The van der Waals surface area contributed by atoms with Gasteiger partial charge in [0.25, 0.3) is 0 Å². The zero-order valence-corrected chi connectivity index (χ0v) is 8.94. The van der Waals surface area contributed by atoms with Gasteiger partial charge in [-0.2, -0.15) is 0 Å². The molecule has 0 heterocycles. The lowest BCUT2D eigenvalue weighted by atomic mass is 10.1. The molecule has 1 rings (SSSR count). The third-order valence-electron chi connectivity index (χ3n) is 2.75. The summed E-state index contributed by atoms with van der Waals surface area (Å²) in [5.74, 6) is -2.37. The van der Waals surface area contributed by atoms with E-state index in [1.807, 2.05) is 0 Å². The number of carboxylic acid groups (broad SMARTS) is 1. The van der Waals surface area contributed by atoms with E-state index in [1.165, 1.54) is 0 Å². The fourth-order valence-electron chi connectivity index (χ4n) is 1.88. The highest BCUT2D eigenvalue weighted by Crippen LogP contribution is 2.24. The first-order valence-electron chi connectivity index (χ1n) is 5.32. The SMILES string of the molecule is NC(=O)C[C@H](NC(=O)C1CCCC1)C(=O)O. The fraction of sp³-hybridized carbons (Fsp3) is 0.700. The average Bonchev–Trinajstić information content (AvgIpc) is 2.68. The van der Waals surface area contributed by atoms with Crippen molar-refractivity contribution >= 4 is 17.8 Å². The quantitative estimate of drug-likeness (QED) is 0.595. The van der Waals surface area contributed by atoms with E-state index < -0.39 is 17.9 Å². The maximum Gasteiger partial charge on any atom is 0.326 e. The van der Waals surface area contributed by atoms with E-state index in [4.69, 9.17) is 10.8 Å². The van der Waals surface area contributed by atoms with Crippen LogP contribution in [-0.4, -0.2) is 28.9 Å². The van der Waals surface area contributed by atoms with Crippen molar-refractivity contribution in [1.82, 2.24) is 5.32 Å². The largest absolute Gasteiger partial charge is 0.480 e. The van der Waals surface area contributed by atoms with Gasteiger partial charge in [-0.15, -0.1) is 0 Å². The van der Waals surface area contributed by atoms with Crippen molar-refractivity contribution in [2.24, 2.45) is 11.7 Å². The normalized spacial score (nSPS) is 18.0. The third-order valence-corrected chi connectivity index (χ3v) is 2.75. The van der Waals surface area contributed by atoms with Gasteiger partial charge in [-0.3, -0.25) is 9.59 Å². The van der Waals surface area contributed by atoms with E-state index in [9.17, 15) is 14.4 Å². The molecule has 0 saturated heterocycles. The highest BCUT2D eigenvalue weighted by molar-refractivity contribution is 5.88. The molecule has 0 aromatic carbocycles. The molecule has 0 aromatic rings. The van der Waals surface area contributed by atoms with Gasteiger partial charge < -0.3 is 16.2 Å². The summed E-state index contributed by atoms with van der Waals surface area (Å²) in [4.78, 5) is 33.0. The number of aliphatic carboxylic acids is 1. The molecule has 0 unspecified atom stereocenters. The maximum absolute atomic E-state index is 11.6. The predicted molar refractivity (Wildman–Crippen MR) is 55.3 cm³/mol. The predicted octanol–water partition coefficient (Wildman–Crippen LogP) is -0.379. The molecule has 1 atom stereocenters. The van der Waals surface area contributed by atoms with Crippen LogP contribution in [0.5, 0.6) is 0 Å². The van der Waals surface area contributed by atoms with E-state index in [1.54, 1.807) is 0 Å². The summed E-state index contributed by atoms with van der Waals surface area (Å²) in [6.07, 6.45) is 3.19.